The molecule has 1 aliphatic carbocycles. The maximum Gasteiger partial charge on any atom is 0.221 e. The zero-order valence-electron chi connectivity index (χ0n) is 7.35. The Kier molecular flexibility index (Phi) is 2.44. The molecule has 0 bridgehead atoms. The molecule has 0 aromatic rings. The molecule has 1 saturated heterocycles. The highest BCUT2D eigenvalue weighted by atomic mass is 32.2. The average Bonchev–Trinajstić information content (AvgIpc) is 2.36. The first-order chi connectivity index (χ1) is 6.29. The Bertz CT molecular complexity index is 272. The Morgan fingerprint density at radius 2 is 2.31 bits per heavy atom. The van der Waals surface area contributed by atoms with Crippen molar-refractivity contribution in [3.63, 3.8) is 0 Å². The Morgan fingerprint density at radius 1 is 1.46 bits per heavy atom. The number of hydrogen-bond donors (Lipinski definition) is 1. The zero-order chi connectivity index (χ0) is 9.26. The summed E-state index contributed by atoms with van der Waals surface area (Å²) in [5, 5.41) is 0.493. The highest BCUT2D eigenvalue weighted by molar-refractivity contribution is 8.00. The van der Waals surface area contributed by atoms with Crippen molar-refractivity contribution in [1.29, 1.82) is 0 Å². The van der Waals surface area contributed by atoms with Crippen LogP contribution in [0, 0.1) is 11.8 Å². The molecule has 1 heterocycles. The number of primary amides is 1. The van der Waals surface area contributed by atoms with Gasteiger partial charge < -0.3 is 5.73 Å². The molecule has 2 nitrogen and oxygen atoms in total. The normalized spacial score (nSPS) is 37.1. The van der Waals surface area contributed by atoms with Gasteiger partial charge in [0.05, 0.1) is 5.92 Å². The van der Waals surface area contributed by atoms with E-state index in [1.807, 2.05) is 11.8 Å². The molecular weight excluding hydrogens is 182 g/mol. The lowest BCUT2D eigenvalue weighted by Gasteiger charge is -2.16. The van der Waals surface area contributed by atoms with Crippen LogP contribution >= 0.6 is 11.8 Å². The second-order valence-electron chi connectivity index (χ2n) is 3.52. The maximum atomic E-state index is 11.1. The van der Waals surface area contributed by atoms with Gasteiger partial charge in [-0.3, -0.25) is 4.79 Å². The van der Waals surface area contributed by atoms with Crippen molar-refractivity contribution in [3.05, 3.63) is 24.3 Å². The molecule has 1 fully saturated rings. The van der Waals surface area contributed by atoms with Gasteiger partial charge in [-0.2, -0.15) is 11.8 Å². The molecule has 2 rings (SSSR count). The smallest absolute Gasteiger partial charge is 0.221 e. The third-order valence-corrected chi connectivity index (χ3v) is 4.17. The second kappa shape index (κ2) is 3.58. The predicted octanol–water partition coefficient (Wildman–Crippen LogP) is 1.34. The van der Waals surface area contributed by atoms with Gasteiger partial charge in [-0.15, -0.1) is 0 Å². The third kappa shape index (κ3) is 1.66. The lowest BCUT2D eigenvalue weighted by molar-refractivity contribution is -0.122. The van der Waals surface area contributed by atoms with Gasteiger partial charge in [0.2, 0.25) is 5.91 Å². The fourth-order valence-corrected chi connectivity index (χ4v) is 3.56. The van der Waals surface area contributed by atoms with Crippen LogP contribution in [0.5, 0.6) is 0 Å². The Labute approximate surface area is 82.3 Å². The molecule has 0 spiro atoms. The minimum Gasteiger partial charge on any atom is -0.369 e. The van der Waals surface area contributed by atoms with Crippen LogP contribution in [-0.4, -0.2) is 16.9 Å². The zero-order valence-corrected chi connectivity index (χ0v) is 8.17. The van der Waals surface area contributed by atoms with Crippen molar-refractivity contribution in [3.8, 4) is 0 Å². The van der Waals surface area contributed by atoms with Gasteiger partial charge in [0.25, 0.3) is 0 Å². The summed E-state index contributed by atoms with van der Waals surface area (Å²) in [5.74, 6) is 1.26. The summed E-state index contributed by atoms with van der Waals surface area (Å²) in [5.41, 5.74) is 5.36. The SMILES string of the molecule is NC(=O)C1CSC2C=CC=CCC21. The van der Waals surface area contributed by atoms with Crippen LogP contribution in [-0.2, 0) is 4.79 Å². The number of fused-ring (bicyclic) bond motifs is 1. The van der Waals surface area contributed by atoms with E-state index in [0.717, 1.165) is 12.2 Å². The molecule has 2 aliphatic rings. The van der Waals surface area contributed by atoms with Gasteiger partial charge in [0.15, 0.2) is 0 Å². The van der Waals surface area contributed by atoms with Gasteiger partial charge in [-0.25, -0.2) is 0 Å². The van der Waals surface area contributed by atoms with Crippen LogP contribution in [0.25, 0.3) is 0 Å². The lowest BCUT2D eigenvalue weighted by Crippen LogP contribution is -2.30. The van der Waals surface area contributed by atoms with E-state index in [1.54, 1.807) is 0 Å². The summed E-state index contributed by atoms with van der Waals surface area (Å²) in [6, 6.07) is 0. The van der Waals surface area contributed by atoms with E-state index >= 15 is 0 Å². The molecule has 13 heavy (non-hydrogen) atoms. The molecule has 0 aromatic heterocycles. The first kappa shape index (κ1) is 8.88. The highest BCUT2D eigenvalue weighted by Crippen LogP contribution is 2.40. The van der Waals surface area contributed by atoms with Crippen LogP contribution < -0.4 is 5.73 Å². The highest BCUT2D eigenvalue weighted by Gasteiger charge is 2.37. The topological polar surface area (TPSA) is 43.1 Å². The standard InChI is InChI=1S/C10H13NOS/c11-10(12)8-6-13-9-5-3-1-2-4-7(8)9/h1-3,5,7-9H,4,6H2,(H2,11,12). The number of nitrogens with two attached hydrogens (primary N) is 1. The third-order valence-electron chi connectivity index (χ3n) is 2.73. The van der Waals surface area contributed by atoms with Crippen LogP contribution in [0.15, 0.2) is 24.3 Å². The first-order valence-electron chi connectivity index (χ1n) is 4.53. The van der Waals surface area contributed by atoms with Crippen LogP contribution in [0.2, 0.25) is 0 Å². The second-order valence-corrected chi connectivity index (χ2v) is 4.73. The van der Waals surface area contributed by atoms with E-state index in [0.29, 0.717) is 11.2 Å². The van der Waals surface area contributed by atoms with Gasteiger partial charge in [-0.05, 0) is 12.3 Å². The number of amides is 1. The number of rotatable bonds is 1. The number of hydrogen-bond acceptors (Lipinski definition) is 2. The largest absolute Gasteiger partial charge is 0.369 e. The van der Waals surface area contributed by atoms with Crippen molar-refractivity contribution < 1.29 is 4.79 Å². The van der Waals surface area contributed by atoms with Crippen LogP contribution in [0.4, 0.5) is 0 Å². The van der Waals surface area contributed by atoms with Crippen molar-refractivity contribution in [2.45, 2.75) is 11.7 Å². The minimum absolute atomic E-state index is 0.0717. The van der Waals surface area contributed by atoms with E-state index < -0.39 is 0 Å². The van der Waals surface area contributed by atoms with Crippen molar-refractivity contribution in [2.24, 2.45) is 17.6 Å². The summed E-state index contributed by atoms with van der Waals surface area (Å²) >= 11 is 1.85. The summed E-state index contributed by atoms with van der Waals surface area (Å²) in [4.78, 5) is 11.1. The van der Waals surface area contributed by atoms with E-state index in [4.69, 9.17) is 5.73 Å². The first-order valence-corrected chi connectivity index (χ1v) is 5.58. The molecule has 70 valence electrons. The molecule has 2 N–H and O–H groups in total. The molecular formula is C10H13NOS. The summed E-state index contributed by atoms with van der Waals surface area (Å²) < 4.78 is 0. The lowest BCUT2D eigenvalue weighted by atomic mass is 9.88. The van der Waals surface area contributed by atoms with Crippen molar-refractivity contribution >= 4 is 17.7 Å². The summed E-state index contributed by atoms with van der Waals surface area (Å²) in [6.45, 7) is 0. The molecule has 3 heteroatoms. The average molecular weight is 195 g/mol. The van der Waals surface area contributed by atoms with E-state index in [9.17, 15) is 4.79 Å². The minimum atomic E-state index is -0.135. The number of carbonyl (C=O) groups is 1. The van der Waals surface area contributed by atoms with Crippen LogP contribution in [0.3, 0.4) is 0 Å². The van der Waals surface area contributed by atoms with E-state index in [1.165, 1.54) is 0 Å². The molecule has 1 aliphatic heterocycles. The van der Waals surface area contributed by atoms with Gasteiger partial charge in [0.1, 0.15) is 0 Å². The maximum absolute atomic E-state index is 11.1. The number of thioether (sulfide) groups is 1. The van der Waals surface area contributed by atoms with Crippen molar-refractivity contribution in [1.82, 2.24) is 0 Å². The van der Waals surface area contributed by atoms with Gasteiger partial charge in [-0.1, -0.05) is 24.3 Å². The number of allylic oxidation sites excluding steroid dienone is 3. The Balaban J connectivity index is 2.16. The fraction of sp³-hybridized carbons (Fsp3) is 0.500. The van der Waals surface area contributed by atoms with Gasteiger partial charge in [0, 0.05) is 11.0 Å². The Morgan fingerprint density at radius 3 is 3.08 bits per heavy atom. The molecule has 0 aromatic carbocycles. The predicted molar refractivity (Wildman–Crippen MR) is 55.3 cm³/mol. The molecule has 1 amide bonds. The molecule has 0 saturated carbocycles. The van der Waals surface area contributed by atoms with Crippen molar-refractivity contribution in [2.75, 3.05) is 5.75 Å². The van der Waals surface area contributed by atoms with Gasteiger partial charge >= 0.3 is 0 Å². The van der Waals surface area contributed by atoms with Crippen LogP contribution in [0.1, 0.15) is 6.42 Å². The molecule has 3 unspecified atom stereocenters. The molecule has 0 radical (unpaired) electrons. The molecule has 3 atom stereocenters. The Hall–Kier alpha value is -0.700. The summed E-state index contributed by atoms with van der Waals surface area (Å²) in [7, 11) is 0. The van der Waals surface area contributed by atoms with E-state index in [-0.39, 0.29) is 11.8 Å². The van der Waals surface area contributed by atoms with E-state index in [2.05, 4.69) is 24.3 Å². The number of carbonyl (C=O) groups excluding carboxylic acids is 1. The fourth-order valence-electron chi connectivity index (χ4n) is 1.97. The summed E-state index contributed by atoms with van der Waals surface area (Å²) in [6.07, 6.45) is 9.42. The quantitative estimate of drug-likeness (QED) is 0.686. The monoisotopic (exact) mass is 195 g/mol.